The molecule has 2 rings (SSSR count). The van der Waals surface area contributed by atoms with E-state index >= 15 is 0 Å². The Kier molecular flexibility index (Phi) is 2.45. The van der Waals surface area contributed by atoms with Crippen LogP contribution in [0.15, 0.2) is 24.5 Å². The van der Waals surface area contributed by atoms with Gasteiger partial charge in [0.15, 0.2) is 0 Å². The predicted octanol–water partition coefficient (Wildman–Crippen LogP) is 1.59. The number of aromatic nitrogens is 1. The van der Waals surface area contributed by atoms with E-state index in [4.69, 9.17) is 0 Å². The van der Waals surface area contributed by atoms with E-state index in [-0.39, 0.29) is 0 Å². The van der Waals surface area contributed by atoms with Crippen molar-refractivity contribution in [2.45, 2.75) is 12.8 Å². The Hall–Kier alpha value is -1.09. The highest BCUT2D eigenvalue weighted by Crippen LogP contribution is 2.21. The SMILES string of the molecule is O[C]1CCN(c2ccncc2)CC1. The van der Waals surface area contributed by atoms with Crippen LogP contribution in [-0.4, -0.2) is 23.2 Å². The van der Waals surface area contributed by atoms with Crippen LogP contribution in [0, 0.1) is 6.10 Å². The van der Waals surface area contributed by atoms with Crippen molar-refractivity contribution in [2.24, 2.45) is 0 Å². The molecule has 0 aliphatic carbocycles. The van der Waals surface area contributed by atoms with Gasteiger partial charge in [0, 0.05) is 31.2 Å². The van der Waals surface area contributed by atoms with Gasteiger partial charge < -0.3 is 10.0 Å². The first-order valence-corrected chi connectivity index (χ1v) is 4.55. The number of hydrogen-bond acceptors (Lipinski definition) is 3. The van der Waals surface area contributed by atoms with Gasteiger partial charge in [-0.2, -0.15) is 0 Å². The summed E-state index contributed by atoms with van der Waals surface area (Å²) in [5.41, 5.74) is 1.20. The molecule has 3 heteroatoms. The van der Waals surface area contributed by atoms with Gasteiger partial charge in [0.1, 0.15) is 0 Å². The molecule has 1 aromatic rings. The van der Waals surface area contributed by atoms with Crippen LogP contribution in [0.1, 0.15) is 12.8 Å². The number of aliphatic hydroxyl groups is 1. The molecule has 1 aromatic heterocycles. The highest BCUT2D eigenvalue weighted by Gasteiger charge is 2.17. The predicted molar refractivity (Wildman–Crippen MR) is 50.9 cm³/mol. The van der Waals surface area contributed by atoms with Gasteiger partial charge in [-0.1, -0.05) is 0 Å². The van der Waals surface area contributed by atoms with Crippen LogP contribution in [-0.2, 0) is 0 Å². The molecule has 1 aliphatic heterocycles. The molecule has 69 valence electrons. The normalized spacial score (nSPS) is 19.0. The lowest BCUT2D eigenvalue weighted by atomic mass is 10.1. The summed E-state index contributed by atoms with van der Waals surface area (Å²) >= 11 is 0. The van der Waals surface area contributed by atoms with Crippen LogP contribution in [0.2, 0.25) is 0 Å². The Morgan fingerprint density at radius 3 is 2.38 bits per heavy atom. The third-order valence-electron chi connectivity index (χ3n) is 2.37. The quantitative estimate of drug-likeness (QED) is 0.707. The second-order valence-corrected chi connectivity index (χ2v) is 3.26. The van der Waals surface area contributed by atoms with E-state index in [1.165, 1.54) is 5.69 Å². The molecule has 1 radical (unpaired) electrons. The van der Waals surface area contributed by atoms with Crippen LogP contribution >= 0.6 is 0 Å². The molecular weight excluding hydrogens is 164 g/mol. The monoisotopic (exact) mass is 177 g/mol. The lowest BCUT2D eigenvalue weighted by Gasteiger charge is -2.30. The summed E-state index contributed by atoms with van der Waals surface area (Å²) in [7, 11) is 0. The van der Waals surface area contributed by atoms with Crippen LogP contribution in [0.5, 0.6) is 0 Å². The molecule has 1 aliphatic rings. The van der Waals surface area contributed by atoms with Crippen molar-refractivity contribution in [3.05, 3.63) is 30.6 Å². The number of pyridine rings is 1. The number of aliphatic hydroxyl groups excluding tert-OH is 1. The molecule has 2 heterocycles. The maximum absolute atomic E-state index is 9.25. The van der Waals surface area contributed by atoms with E-state index in [1.54, 1.807) is 12.4 Å². The van der Waals surface area contributed by atoms with E-state index in [0.29, 0.717) is 6.10 Å². The third kappa shape index (κ3) is 1.98. The van der Waals surface area contributed by atoms with Crippen LogP contribution in [0.25, 0.3) is 0 Å². The minimum atomic E-state index is 0.630. The molecule has 0 aromatic carbocycles. The smallest absolute Gasteiger partial charge is 0.0968 e. The fourth-order valence-electron chi connectivity index (χ4n) is 1.58. The topological polar surface area (TPSA) is 36.4 Å². The third-order valence-corrected chi connectivity index (χ3v) is 2.37. The molecule has 0 atom stereocenters. The summed E-state index contributed by atoms with van der Waals surface area (Å²) in [5.74, 6) is 0. The summed E-state index contributed by atoms with van der Waals surface area (Å²) in [6, 6.07) is 4.00. The Morgan fingerprint density at radius 2 is 1.77 bits per heavy atom. The van der Waals surface area contributed by atoms with Gasteiger partial charge in [-0.15, -0.1) is 0 Å². The maximum Gasteiger partial charge on any atom is 0.0968 e. The Balaban J connectivity index is 2.03. The van der Waals surface area contributed by atoms with E-state index in [2.05, 4.69) is 9.88 Å². The minimum absolute atomic E-state index is 0.630. The van der Waals surface area contributed by atoms with Gasteiger partial charge in [0.05, 0.1) is 6.10 Å². The van der Waals surface area contributed by atoms with Crippen LogP contribution in [0.3, 0.4) is 0 Å². The molecule has 0 unspecified atom stereocenters. The maximum atomic E-state index is 9.25. The van der Waals surface area contributed by atoms with Crippen molar-refractivity contribution >= 4 is 5.69 Å². The largest absolute Gasteiger partial charge is 0.387 e. The second-order valence-electron chi connectivity index (χ2n) is 3.26. The highest BCUT2D eigenvalue weighted by molar-refractivity contribution is 5.45. The summed E-state index contributed by atoms with van der Waals surface area (Å²) < 4.78 is 0. The molecule has 1 fully saturated rings. The highest BCUT2D eigenvalue weighted by atomic mass is 16.3. The Bertz CT molecular complexity index is 255. The van der Waals surface area contributed by atoms with Gasteiger partial charge in [0.25, 0.3) is 0 Å². The van der Waals surface area contributed by atoms with Crippen molar-refractivity contribution in [3.8, 4) is 0 Å². The fourth-order valence-corrected chi connectivity index (χ4v) is 1.58. The summed E-state index contributed by atoms with van der Waals surface area (Å²) in [4.78, 5) is 6.24. The van der Waals surface area contributed by atoms with Crippen molar-refractivity contribution in [3.63, 3.8) is 0 Å². The van der Waals surface area contributed by atoms with Gasteiger partial charge >= 0.3 is 0 Å². The average molecular weight is 177 g/mol. The molecular formula is C10H13N2O. The summed E-state index contributed by atoms with van der Waals surface area (Å²) in [5, 5.41) is 9.25. The Labute approximate surface area is 78.0 Å². The van der Waals surface area contributed by atoms with Gasteiger partial charge in [-0.05, 0) is 25.0 Å². The van der Waals surface area contributed by atoms with E-state index in [9.17, 15) is 5.11 Å². The first-order valence-electron chi connectivity index (χ1n) is 4.55. The van der Waals surface area contributed by atoms with Crippen LogP contribution < -0.4 is 4.90 Å². The molecule has 1 N–H and O–H groups in total. The lowest BCUT2D eigenvalue weighted by molar-refractivity contribution is 0.256. The van der Waals surface area contributed by atoms with Crippen molar-refractivity contribution < 1.29 is 5.11 Å². The van der Waals surface area contributed by atoms with E-state index in [0.717, 1.165) is 25.9 Å². The molecule has 0 bridgehead atoms. The number of rotatable bonds is 1. The molecule has 0 saturated carbocycles. The standard InChI is InChI=1S/C10H13N2O/c13-10-3-7-12(8-4-10)9-1-5-11-6-2-9/h1-2,5-6,13H,3-4,7-8H2. The number of hydrogen-bond donors (Lipinski definition) is 1. The minimum Gasteiger partial charge on any atom is -0.387 e. The number of anilines is 1. The summed E-state index contributed by atoms with van der Waals surface area (Å²) in [6.45, 7) is 1.83. The summed E-state index contributed by atoms with van der Waals surface area (Å²) in [6.07, 6.45) is 5.82. The van der Waals surface area contributed by atoms with E-state index < -0.39 is 0 Å². The molecule has 0 spiro atoms. The van der Waals surface area contributed by atoms with Gasteiger partial charge in [0.2, 0.25) is 0 Å². The average Bonchev–Trinajstić information content (AvgIpc) is 2.20. The van der Waals surface area contributed by atoms with Gasteiger partial charge in [-0.25, -0.2) is 0 Å². The lowest BCUT2D eigenvalue weighted by Crippen LogP contribution is -2.32. The van der Waals surface area contributed by atoms with Crippen molar-refractivity contribution in [2.75, 3.05) is 18.0 Å². The first kappa shape index (κ1) is 8.51. The van der Waals surface area contributed by atoms with Crippen molar-refractivity contribution in [1.29, 1.82) is 0 Å². The number of nitrogens with zero attached hydrogens (tertiary/aromatic N) is 2. The zero-order valence-electron chi connectivity index (χ0n) is 7.48. The molecule has 1 saturated heterocycles. The first-order chi connectivity index (χ1) is 6.36. The molecule has 13 heavy (non-hydrogen) atoms. The fraction of sp³-hybridized carbons (Fsp3) is 0.400. The zero-order chi connectivity index (χ0) is 9.10. The number of piperidine rings is 1. The molecule has 0 amide bonds. The van der Waals surface area contributed by atoms with E-state index in [1.807, 2.05) is 12.1 Å². The second kappa shape index (κ2) is 3.75. The van der Waals surface area contributed by atoms with Gasteiger partial charge in [-0.3, -0.25) is 4.98 Å². The van der Waals surface area contributed by atoms with Crippen LogP contribution in [0.4, 0.5) is 5.69 Å². The molecule has 3 nitrogen and oxygen atoms in total. The Morgan fingerprint density at radius 1 is 1.15 bits per heavy atom. The zero-order valence-corrected chi connectivity index (χ0v) is 7.48. The van der Waals surface area contributed by atoms with Crippen molar-refractivity contribution in [1.82, 2.24) is 4.98 Å².